The largest absolute Gasteiger partial charge is 0.314 e. The molecule has 0 radical (unpaired) electrons. The van der Waals surface area contributed by atoms with E-state index >= 15 is 0 Å². The Hall–Kier alpha value is -2.02. The fourth-order valence-electron chi connectivity index (χ4n) is 1.69. The average molecular weight is 283 g/mol. The molecule has 100 valence electrons. The topological polar surface area (TPSA) is 92.3 Å². The number of nitrogens with one attached hydrogen (secondary N) is 1. The molecule has 1 aliphatic heterocycles. The molecule has 0 aromatic carbocycles. The first-order valence-corrected chi connectivity index (χ1v) is 5.84. The van der Waals surface area contributed by atoms with Crippen LogP contribution in [0.5, 0.6) is 0 Å². The Kier molecular flexibility index (Phi) is 3.23. The molecule has 0 saturated carbocycles. The molecule has 0 spiro atoms. The van der Waals surface area contributed by atoms with Crippen LogP contribution in [-0.2, 0) is 9.59 Å². The van der Waals surface area contributed by atoms with E-state index in [4.69, 9.17) is 11.6 Å². The van der Waals surface area contributed by atoms with Gasteiger partial charge < -0.3 is 4.90 Å². The predicted molar refractivity (Wildman–Crippen MR) is 65.3 cm³/mol. The summed E-state index contributed by atoms with van der Waals surface area (Å²) >= 11 is 5.67. The zero-order valence-electron chi connectivity index (χ0n) is 10.3. The van der Waals surface area contributed by atoms with Crippen LogP contribution in [0.3, 0.4) is 0 Å². The van der Waals surface area contributed by atoms with Gasteiger partial charge in [-0.1, -0.05) is 11.6 Å². The van der Waals surface area contributed by atoms with E-state index in [1.807, 2.05) is 0 Å². The molecule has 19 heavy (non-hydrogen) atoms. The van der Waals surface area contributed by atoms with Crippen LogP contribution in [0.15, 0.2) is 12.4 Å². The van der Waals surface area contributed by atoms with Crippen molar-refractivity contribution in [2.24, 2.45) is 0 Å². The van der Waals surface area contributed by atoms with Gasteiger partial charge in [0.05, 0.1) is 12.4 Å². The molecular formula is C11H11ClN4O3. The number of carbonyl (C=O) groups is 3. The predicted octanol–water partition coefficient (Wildman–Crippen LogP) is 0.00720. The maximum atomic E-state index is 12.3. The van der Waals surface area contributed by atoms with Gasteiger partial charge in [-0.3, -0.25) is 24.7 Å². The number of hydrogen-bond acceptors (Lipinski definition) is 5. The number of carbonyl (C=O) groups excluding carboxylic acids is 3. The SMILES string of the molecule is CC1(C)C(=O)NC(=O)CN1C(=O)c1cncc(Cl)n1. The van der Waals surface area contributed by atoms with Crippen molar-refractivity contribution >= 4 is 29.3 Å². The van der Waals surface area contributed by atoms with Gasteiger partial charge in [-0.05, 0) is 13.8 Å². The van der Waals surface area contributed by atoms with Crippen molar-refractivity contribution < 1.29 is 14.4 Å². The molecule has 7 nitrogen and oxygen atoms in total. The average Bonchev–Trinajstić information content (AvgIpc) is 2.33. The molecule has 1 N–H and O–H groups in total. The lowest BCUT2D eigenvalue weighted by Gasteiger charge is -2.39. The molecule has 1 fully saturated rings. The highest BCUT2D eigenvalue weighted by Gasteiger charge is 2.44. The van der Waals surface area contributed by atoms with Crippen LogP contribution in [0.1, 0.15) is 24.3 Å². The summed E-state index contributed by atoms with van der Waals surface area (Å²) in [7, 11) is 0. The summed E-state index contributed by atoms with van der Waals surface area (Å²) in [5.74, 6) is -1.64. The van der Waals surface area contributed by atoms with Gasteiger partial charge in [-0.15, -0.1) is 0 Å². The lowest BCUT2D eigenvalue weighted by Crippen LogP contribution is -2.65. The number of hydrogen-bond donors (Lipinski definition) is 1. The maximum Gasteiger partial charge on any atom is 0.275 e. The van der Waals surface area contributed by atoms with Gasteiger partial charge in [0.2, 0.25) is 5.91 Å². The number of piperazine rings is 1. The van der Waals surface area contributed by atoms with Crippen molar-refractivity contribution in [2.75, 3.05) is 6.54 Å². The quantitative estimate of drug-likeness (QED) is 0.732. The van der Waals surface area contributed by atoms with Crippen LogP contribution >= 0.6 is 11.6 Å². The fourth-order valence-corrected chi connectivity index (χ4v) is 1.84. The Morgan fingerprint density at radius 2 is 2.11 bits per heavy atom. The Morgan fingerprint density at radius 1 is 1.42 bits per heavy atom. The van der Waals surface area contributed by atoms with E-state index in [9.17, 15) is 14.4 Å². The Bertz CT molecular complexity index is 573. The summed E-state index contributed by atoms with van der Waals surface area (Å²) < 4.78 is 0. The summed E-state index contributed by atoms with van der Waals surface area (Å²) in [6, 6.07) is 0. The third-order valence-electron chi connectivity index (χ3n) is 2.85. The van der Waals surface area contributed by atoms with Gasteiger partial charge >= 0.3 is 0 Å². The summed E-state index contributed by atoms with van der Waals surface area (Å²) in [6.45, 7) is 2.88. The maximum absolute atomic E-state index is 12.3. The lowest BCUT2D eigenvalue weighted by molar-refractivity contribution is -0.143. The second-order valence-corrected chi connectivity index (χ2v) is 4.94. The molecule has 0 aliphatic carbocycles. The summed E-state index contributed by atoms with van der Waals surface area (Å²) in [5, 5.41) is 2.25. The highest BCUT2D eigenvalue weighted by atomic mass is 35.5. The van der Waals surface area contributed by atoms with E-state index in [1.54, 1.807) is 13.8 Å². The number of rotatable bonds is 1. The van der Waals surface area contributed by atoms with E-state index in [2.05, 4.69) is 15.3 Å². The summed E-state index contributed by atoms with van der Waals surface area (Å²) in [6.07, 6.45) is 2.53. The summed E-state index contributed by atoms with van der Waals surface area (Å²) in [4.78, 5) is 44.2. The third kappa shape index (κ3) is 2.41. The number of halogens is 1. The van der Waals surface area contributed by atoms with Crippen LogP contribution in [0.2, 0.25) is 5.15 Å². The molecule has 2 rings (SSSR count). The monoisotopic (exact) mass is 282 g/mol. The third-order valence-corrected chi connectivity index (χ3v) is 3.04. The van der Waals surface area contributed by atoms with Crippen LogP contribution in [0, 0.1) is 0 Å². The first kappa shape index (κ1) is 13.4. The second kappa shape index (κ2) is 4.58. The van der Waals surface area contributed by atoms with Gasteiger partial charge in [0.15, 0.2) is 0 Å². The highest BCUT2D eigenvalue weighted by molar-refractivity contribution is 6.29. The molecular weight excluding hydrogens is 272 g/mol. The van der Waals surface area contributed by atoms with Gasteiger partial charge in [-0.2, -0.15) is 0 Å². The van der Waals surface area contributed by atoms with E-state index in [0.717, 1.165) is 4.90 Å². The van der Waals surface area contributed by atoms with Gasteiger partial charge in [0.1, 0.15) is 22.9 Å². The smallest absolute Gasteiger partial charge is 0.275 e. The van der Waals surface area contributed by atoms with Crippen LogP contribution < -0.4 is 5.32 Å². The Morgan fingerprint density at radius 3 is 2.74 bits per heavy atom. The van der Waals surface area contributed by atoms with Crippen molar-refractivity contribution in [1.82, 2.24) is 20.2 Å². The molecule has 3 amide bonds. The fraction of sp³-hybridized carbons (Fsp3) is 0.364. The first-order valence-electron chi connectivity index (χ1n) is 5.46. The second-order valence-electron chi connectivity index (χ2n) is 4.55. The van der Waals surface area contributed by atoms with Crippen LogP contribution in [-0.4, -0.2) is 44.7 Å². The number of imide groups is 1. The zero-order chi connectivity index (χ0) is 14.2. The van der Waals surface area contributed by atoms with Crippen LogP contribution in [0.4, 0.5) is 0 Å². The van der Waals surface area contributed by atoms with Gasteiger partial charge in [0, 0.05) is 0 Å². The molecule has 2 heterocycles. The summed E-state index contributed by atoms with van der Waals surface area (Å²) in [5.41, 5.74) is -1.15. The molecule has 0 atom stereocenters. The van der Waals surface area contributed by atoms with Crippen molar-refractivity contribution in [3.8, 4) is 0 Å². The molecule has 8 heteroatoms. The van der Waals surface area contributed by atoms with Gasteiger partial charge in [-0.25, -0.2) is 4.98 Å². The number of amides is 3. The molecule has 1 saturated heterocycles. The number of aromatic nitrogens is 2. The van der Waals surface area contributed by atoms with E-state index in [0.29, 0.717) is 0 Å². The normalized spacial score (nSPS) is 18.2. The van der Waals surface area contributed by atoms with Crippen molar-refractivity contribution in [3.63, 3.8) is 0 Å². The van der Waals surface area contributed by atoms with Gasteiger partial charge in [0.25, 0.3) is 11.8 Å². The molecule has 0 unspecified atom stereocenters. The zero-order valence-corrected chi connectivity index (χ0v) is 11.1. The van der Waals surface area contributed by atoms with E-state index in [1.165, 1.54) is 12.4 Å². The highest BCUT2D eigenvalue weighted by Crippen LogP contribution is 2.20. The first-order chi connectivity index (χ1) is 8.82. The van der Waals surface area contributed by atoms with Crippen molar-refractivity contribution in [2.45, 2.75) is 19.4 Å². The standard InChI is InChI=1S/C11H11ClN4O3/c1-11(2)10(19)15-8(17)5-16(11)9(18)6-3-13-4-7(12)14-6/h3-4H,5H2,1-2H3,(H,15,17,19). The Balaban J connectivity index is 2.36. The van der Waals surface area contributed by atoms with E-state index < -0.39 is 23.3 Å². The van der Waals surface area contributed by atoms with Crippen molar-refractivity contribution in [3.05, 3.63) is 23.2 Å². The minimum atomic E-state index is -1.14. The van der Waals surface area contributed by atoms with Crippen LogP contribution in [0.25, 0.3) is 0 Å². The Labute approximate surface area is 114 Å². The minimum Gasteiger partial charge on any atom is -0.314 e. The van der Waals surface area contributed by atoms with Crippen molar-refractivity contribution in [1.29, 1.82) is 0 Å². The molecule has 1 aliphatic rings. The minimum absolute atomic E-state index is 0.0110. The molecule has 0 bridgehead atoms. The molecule has 1 aromatic heterocycles. The van der Waals surface area contributed by atoms with E-state index in [-0.39, 0.29) is 17.4 Å². The molecule has 1 aromatic rings. The lowest BCUT2D eigenvalue weighted by atomic mass is 9.98. The number of nitrogens with zero attached hydrogens (tertiary/aromatic N) is 3.